The molecule has 0 heterocycles. The maximum atomic E-state index is 12.4. The van der Waals surface area contributed by atoms with Gasteiger partial charge in [-0.15, -0.1) is 0 Å². The van der Waals surface area contributed by atoms with Crippen molar-refractivity contribution in [3.05, 3.63) is 27.7 Å². The van der Waals surface area contributed by atoms with Crippen LogP contribution in [0.4, 0.5) is 0 Å². The highest BCUT2D eigenvalue weighted by atomic mass is 79.9. The Morgan fingerprint density at radius 3 is 2.63 bits per heavy atom. The third-order valence-electron chi connectivity index (χ3n) is 2.60. The number of nitrogens with zero attached hydrogens (tertiary/aromatic N) is 1. The van der Waals surface area contributed by atoms with Gasteiger partial charge in [-0.1, -0.05) is 46.7 Å². The molecular weight excluding hydrogens is 372 g/mol. The first-order valence-electron chi connectivity index (χ1n) is 5.37. The summed E-state index contributed by atoms with van der Waals surface area (Å²) in [5, 5.41) is 0.171. The molecule has 0 radical (unpaired) electrons. The number of nitrogens with two attached hydrogens (primary N) is 1. The third-order valence-corrected chi connectivity index (χ3v) is 5.80. The fourth-order valence-electron chi connectivity index (χ4n) is 1.43. The van der Waals surface area contributed by atoms with Gasteiger partial charge in [0.2, 0.25) is 10.0 Å². The van der Waals surface area contributed by atoms with Crippen molar-refractivity contribution in [3.63, 3.8) is 0 Å². The van der Waals surface area contributed by atoms with E-state index in [0.717, 1.165) is 4.47 Å². The standard InChI is InChI=1S/C11H14BrClN2O2S2/c1-7(11(14)18)6-15(2)19(16,17)10-4-3-8(12)5-9(10)13/h3-5,7H,6H2,1-2H3,(H2,14,18). The highest BCUT2D eigenvalue weighted by Crippen LogP contribution is 2.27. The molecule has 0 aliphatic heterocycles. The Labute approximate surface area is 132 Å². The molecule has 1 atom stereocenters. The van der Waals surface area contributed by atoms with Crippen LogP contribution in [0.1, 0.15) is 6.92 Å². The van der Waals surface area contributed by atoms with Crippen LogP contribution in [0, 0.1) is 5.92 Å². The number of halogens is 2. The quantitative estimate of drug-likeness (QED) is 0.791. The zero-order valence-corrected chi connectivity index (χ0v) is 14.4. The lowest BCUT2D eigenvalue weighted by Gasteiger charge is -2.21. The van der Waals surface area contributed by atoms with Crippen molar-refractivity contribution in [2.75, 3.05) is 13.6 Å². The summed E-state index contributed by atoms with van der Waals surface area (Å²) >= 11 is 14.0. The Bertz CT molecular complexity index is 592. The average molecular weight is 386 g/mol. The Balaban J connectivity index is 3.06. The molecule has 19 heavy (non-hydrogen) atoms. The second-order valence-corrected chi connectivity index (χ2v) is 7.97. The molecule has 4 nitrogen and oxygen atoms in total. The van der Waals surface area contributed by atoms with Gasteiger partial charge in [0, 0.05) is 24.0 Å². The molecule has 0 saturated heterocycles. The van der Waals surface area contributed by atoms with E-state index in [2.05, 4.69) is 15.9 Å². The van der Waals surface area contributed by atoms with E-state index < -0.39 is 10.0 Å². The van der Waals surface area contributed by atoms with Gasteiger partial charge in [0.25, 0.3) is 0 Å². The van der Waals surface area contributed by atoms with Gasteiger partial charge >= 0.3 is 0 Å². The zero-order chi connectivity index (χ0) is 14.8. The fraction of sp³-hybridized carbons (Fsp3) is 0.364. The van der Waals surface area contributed by atoms with E-state index in [0.29, 0.717) is 0 Å². The monoisotopic (exact) mass is 384 g/mol. The summed E-state index contributed by atoms with van der Waals surface area (Å²) in [6.45, 7) is 1.99. The highest BCUT2D eigenvalue weighted by molar-refractivity contribution is 9.10. The highest BCUT2D eigenvalue weighted by Gasteiger charge is 2.25. The van der Waals surface area contributed by atoms with Crippen LogP contribution in [0.3, 0.4) is 0 Å². The smallest absolute Gasteiger partial charge is 0.244 e. The first-order valence-corrected chi connectivity index (χ1v) is 8.39. The fourth-order valence-corrected chi connectivity index (χ4v) is 3.77. The number of hydrogen-bond acceptors (Lipinski definition) is 3. The minimum absolute atomic E-state index is 0.0648. The lowest BCUT2D eigenvalue weighted by atomic mass is 10.2. The summed E-state index contributed by atoms with van der Waals surface area (Å²) in [6, 6.07) is 4.63. The summed E-state index contributed by atoms with van der Waals surface area (Å²) in [5.74, 6) is -0.205. The zero-order valence-electron chi connectivity index (χ0n) is 10.4. The van der Waals surface area contributed by atoms with E-state index >= 15 is 0 Å². The van der Waals surface area contributed by atoms with E-state index in [1.807, 2.05) is 0 Å². The number of hydrogen-bond donors (Lipinski definition) is 1. The number of thiocarbonyl (C=S) groups is 1. The van der Waals surface area contributed by atoms with Crippen molar-refractivity contribution in [3.8, 4) is 0 Å². The molecule has 0 aliphatic rings. The van der Waals surface area contributed by atoms with Gasteiger partial charge in [-0.3, -0.25) is 0 Å². The van der Waals surface area contributed by atoms with Gasteiger partial charge in [-0.2, -0.15) is 0 Å². The van der Waals surface area contributed by atoms with Gasteiger partial charge in [0.05, 0.1) is 10.0 Å². The molecule has 8 heteroatoms. The lowest BCUT2D eigenvalue weighted by molar-refractivity contribution is 0.445. The molecule has 0 fully saturated rings. The average Bonchev–Trinajstić information content (AvgIpc) is 2.27. The Hall–Kier alpha value is -0.210. The van der Waals surface area contributed by atoms with Crippen LogP contribution in [-0.4, -0.2) is 31.3 Å². The Morgan fingerprint density at radius 1 is 1.58 bits per heavy atom. The van der Waals surface area contributed by atoms with Crippen molar-refractivity contribution in [2.24, 2.45) is 11.7 Å². The summed E-state index contributed by atoms with van der Waals surface area (Å²) in [7, 11) is -2.17. The van der Waals surface area contributed by atoms with Gasteiger partial charge in [-0.05, 0) is 18.2 Å². The van der Waals surface area contributed by atoms with Crippen molar-refractivity contribution in [1.82, 2.24) is 4.31 Å². The molecule has 1 aromatic carbocycles. The minimum Gasteiger partial charge on any atom is -0.393 e. The number of rotatable bonds is 5. The molecule has 0 amide bonds. The summed E-state index contributed by atoms with van der Waals surface area (Å²) < 4.78 is 26.6. The topological polar surface area (TPSA) is 63.4 Å². The molecule has 106 valence electrons. The molecular formula is C11H14BrClN2O2S2. The van der Waals surface area contributed by atoms with Gasteiger partial charge < -0.3 is 5.73 Å². The van der Waals surface area contributed by atoms with Crippen LogP contribution >= 0.6 is 39.7 Å². The summed E-state index contributed by atoms with van der Waals surface area (Å²) in [5.41, 5.74) is 5.49. The molecule has 0 aliphatic carbocycles. The predicted molar refractivity (Wildman–Crippen MR) is 84.9 cm³/mol. The predicted octanol–water partition coefficient (Wildman–Crippen LogP) is 2.65. The normalized spacial score (nSPS) is 13.5. The molecule has 0 aromatic heterocycles. The minimum atomic E-state index is -3.65. The summed E-state index contributed by atoms with van der Waals surface area (Å²) in [4.78, 5) is 0.346. The van der Waals surface area contributed by atoms with Crippen molar-refractivity contribution < 1.29 is 8.42 Å². The molecule has 0 bridgehead atoms. The lowest BCUT2D eigenvalue weighted by Crippen LogP contribution is -2.35. The van der Waals surface area contributed by atoms with Crippen LogP contribution in [0.2, 0.25) is 5.02 Å². The van der Waals surface area contributed by atoms with Gasteiger partial charge in [0.1, 0.15) is 4.90 Å². The van der Waals surface area contributed by atoms with Gasteiger partial charge in [-0.25, -0.2) is 12.7 Å². The van der Waals surface area contributed by atoms with Crippen LogP contribution in [0.5, 0.6) is 0 Å². The number of benzene rings is 1. The maximum absolute atomic E-state index is 12.4. The van der Waals surface area contributed by atoms with Crippen molar-refractivity contribution in [2.45, 2.75) is 11.8 Å². The Morgan fingerprint density at radius 2 is 2.16 bits per heavy atom. The van der Waals surface area contributed by atoms with Crippen LogP contribution in [-0.2, 0) is 10.0 Å². The summed E-state index contributed by atoms with van der Waals surface area (Å²) in [6.07, 6.45) is 0. The SMILES string of the molecule is CC(CN(C)S(=O)(=O)c1ccc(Br)cc1Cl)C(N)=S. The number of sulfonamides is 1. The second-order valence-electron chi connectivity index (χ2n) is 4.16. The van der Waals surface area contributed by atoms with E-state index in [4.69, 9.17) is 29.6 Å². The molecule has 1 rings (SSSR count). The van der Waals surface area contributed by atoms with Crippen LogP contribution < -0.4 is 5.73 Å². The third kappa shape index (κ3) is 4.13. The van der Waals surface area contributed by atoms with Gasteiger partial charge in [0.15, 0.2) is 0 Å². The van der Waals surface area contributed by atoms with Crippen LogP contribution in [0.25, 0.3) is 0 Å². The van der Waals surface area contributed by atoms with Crippen molar-refractivity contribution in [1.29, 1.82) is 0 Å². The Kier molecular flexibility index (Phi) is 5.76. The molecule has 1 aromatic rings. The van der Waals surface area contributed by atoms with Crippen LogP contribution in [0.15, 0.2) is 27.6 Å². The molecule has 1 unspecified atom stereocenters. The largest absolute Gasteiger partial charge is 0.393 e. The molecule has 0 saturated carbocycles. The van der Waals surface area contributed by atoms with Crippen molar-refractivity contribution >= 4 is 54.8 Å². The maximum Gasteiger partial charge on any atom is 0.244 e. The van der Waals surface area contributed by atoms with E-state index in [1.165, 1.54) is 17.4 Å². The second kappa shape index (κ2) is 6.49. The molecule has 0 spiro atoms. The van der Waals surface area contributed by atoms with E-state index in [-0.39, 0.29) is 27.4 Å². The first-order chi connectivity index (χ1) is 8.66. The molecule has 2 N–H and O–H groups in total. The van der Waals surface area contributed by atoms with E-state index in [1.54, 1.807) is 19.1 Å². The van der Waals surface area contributed by atoms with E-state index in [9.17, 15) is 8.42 Å². The first kappa shape index (κ1) is 16.8.